The normalized spacial score (nSPS) is 14.1. The molecule has 19 rings (SSSR count). The minimum Gasteiger partial charge on any atom is -0.311 e. The molecular formula is C82H58B2N2. The van der Waals surface area contributed by atoms with Gasteiger partial charge in [0.1, 0.15) is 0 Å². The van der Waals surface area contributed by atoms with Gasteiger partial charge in [-0.1, -0.05) is 223 Å². The summed E-state index contributed by atoms with van der Waals surface area (Å²) in [6.45, 7) is 23.7. The first kappa shape index (κ1) is 48.5. The molecule has 0 unspecified atom stereocenters. The van der Waals surface area contributed by atoms with E-state index in [4.69, 9.17) is 6.58 Å². The van der Waals surface area contributed by atoms with Crippen molar-refractivity contribution in [1.82, 2.24) is 0 Å². The Morgan fingerprint density at radius 1 is 0.349 bits per heavy atom. The van der Waals surface area contributed by atoms with Gasteiger partial charge in [-0.05, 0) is 225 Å². The Morgan fingerprint density at radius 2 is 0.791 bits per heavy atom. The Bertz CT molecular complexity index is 5450. The number of rotatable bonds is 5. The van der Waals surface area contributed by atoms with Crippen LogP contribution in [0.4, 0.5) is 34.1 Å². The highest BCUT2D eigenvalue weighted by atomic mass is 15.2. The fraction of sp³-hybridized carbons (Fsp3) is 0.0976. The van der Waals surface area contributed by atoms with E-state index >= 15 is 0 Å². The molecule has 2 nitrogen and oxygen atoms in total. The zero-order valence-corrected chi connectivity index (χ0v) is 49.2. The van der Waals surface area contributed by atoms with Crippen molar-refractivity contribution in [1.29, 1.82) is 0 Å². The summed E-state index contributed by atoms with van der Waals surface area (Å²) in [6.07, 6.45) is 2.12. The number of fused-ring (bicyclic) bond motifs is 6. The molecule has 6 aliphatic rings. The highest BCUT2D eigenvalue weighted by molar-refractivity contribution is 7.04. The molecular weight excluding hydrogens is 1030 g/mol. The molecule has 6 aliphatic heterocycles. The lowest BCUT2D eigenvalue weighted by atomic mass is 9.29. The summed E-state index contributed by atoms with van der Waals surface area (Å²) in [5.41, 5.74) is 33.5. The molecule has 6 heterocycles. The van der Waals surface area contributed by atoms with E-state index in [1.165, 1.54) is 187 Å². The maximum atomic E-state index is 4.83. The van der Waals surface area contributed by atoms with E-state index in [-0.39, 0.29) is 24.3 Å². The summed E-state index contributed by atoms with van der Waals surface area (Å²) in [7, 11) is 0. The fourth-order valence-corrected chi connectivity index (χ4v) is 16.9. The van der Waals surface area contributed by atoms with Gasteiger partial charge in [0, 0.05) is 34.1 Å². The zero-order chi connectivity index (χ0) is 57.5. The van der Waals surface area contributed by atoms with Crippen LogP contribution in [0.5, 0.6) is 0 Å². The lowest BCUT2D eigenvalue weighted by Gasteiger charge is -2.44. The van der Waals surface area contributed by atoms with E-state index in [1.807, 2.05) is 0 Å². The zero-order valence-electron chi connectivity index (χ0n) is 49.2. The lowest BCUT2D eigenvalue weighted by molar-refractivity contribution is 0.590. The molecule has 0 fully saturated rings. The summed E-state index contributed by atoms with van der Waals surface area (Å²) in [4.78, 5) is 5.16. The number of anilines is 6. The van der Waals surface area contributed by atoms with E-state index in [2.05, 4.69) is 276 Å². The van der Waals surface area contributed by atoms with Crippen molar-refractivity contribution in [3.05, 3.63) is 252 Å². The fourth-order valence-electron chi connectivity index (χ4n) is 16.9. The molecule has 0 atom stereocenters. The number of benzene rings is 13. The van der Waals surface area contributed by atoms with Crippen LogP contribution in [0.1, 0.15) is 58.2 Å². The van der Waals surface area contributed by atoms with Crippen molar-refractivity contribution in [3.63, 3.8) is 0 Å². The number of hydrogen-bond donors (Lipinski definition) is 0. The van der Waals surface area contributed by atoms with E-state index in [0.717, 1.165) is 10.9 Å². The molecule has 402 valence electrons. The largest absolute Gasteiger partial charge is 0.311 e. The van der Waals surface area contributed by atoms with Gasteiger partial charge in [-0.15, -0.1) is 0 Å². The van der Waals surface area contributed by atoms with Crippen molar-refractivity contribution in [2.24, 2.45) is 0 Å². The van der Waals surface area contributed by atoms with Crippen LogP contribution in [0.25, 0.3) is 111 Å². The van der Waals surface area contributed by atoms with Crippen LogP contribution in [-0.4, -0.2) is 13.4 Å². The number of hydrogen-bond acceptors (Lipinski definition) is 2. The minimum absolute atomic E-state index is 0.0192. The van der Waals surface area contributed by atoms with E-state index in [0.29, 0.717) is 0 Å². The minimum atomic E-state index is -0.117. The van der Waals surface area contributed by atoms with Gasteiger partial charge in [-0.2, -0.15) is 0 Å². The third-order valence-electron chi connectivity index (χ3n) is 20.7. The lowest BCUT2D eigenvalue weighted by Crippen LogP contribution is -2.68. The second-order valence-electron chi connectivity index (χ2n) is 27.2. The second kappa shape index (κ2) is 16.5. The molecule has 0 aromatic heterocycles. The molecule has 0 saturated heterocycles. The summed E-state index contributed by atoms with van der Waals surface area (Å²) in [5.74, 6) is 0. The molecule has 13 aromatic carbocycles. The predicted octanol–water partition coefficient (Wildman–Crippen LogP) is 15.9. The van der Waals surface area contributed by atoms with Gasteiger partial charge >= 0.3 is 0 Å². The molecule has 0 bridgehead atoms. The molecule has 4 heteroatoms. The van der Waals surface area contributed by atoms with Crippen LogP contribution in [0.15, 0.2) is 225 Å². The maximum Gasteiger partial charge on any atom is 0.249 e. The van der Waals surface area contributed by atoms with E-state index in [9.17, 15) is 0 Å². The van der Waals surface area contributed by atoms with E-state index in [1.54, 1.807) is 0 Å². The van der Waals surface area contributed by atoms with Gasteiger partial charge in [-0.3, -0.25) is 0 Å². The molecule has 86 heavy (non-hydrogen) atoms. The van der Waals surface area contributed by atoms with Crippen molar-refractivity contribution in [3.8, 4) is 55.6 Å². The molecule has 0 amide bonds. The average Bonchev–Trinajstić information content (AvgIpc) is 0.682. The third-order valence-corrected chi connectivity index (χ3v) is 20.7. The molecule has 0 aliphatic carbocycles. The van der Waals surface area contributed by atoms with Gasteiger partial charge in [0.2, 0.25) is 13.4 Å². The van der Waals surface area contributed by atoms with Crippen LogP contribution >= 0.6 is 0 Å². The summed E-state index contributed by atoms with van der Waals surface area (Å²) in [6, 6.07) is 81.9. The monoisotopic (exact) mass is 1090 g/mol. The Kier molecular flexibility index (Phi) is 9.30. The van der Waals surface area contributed by atoms with Crippen LogP contribution < -0.4 is 53.0 Å². The number of nitrogens with zero attached hydrogens (tertiary/aromatic N) is 2. The van der Waals surface area contributed by atoms with E-state index < -0.39 is 0 Å². The highest BCUT2D eigenvalue weighted by Gasteiger charge is 2.49. The first-order chi connectivity index (χ1) is 41.8. The van der Waals surface area contributed by atoms with Crippen LogP contribution in [0.2, 0.25) is 0 Å². The summed E-state index contributed by atoms with van der Waals surface area (Å²) in [5, 5.41) is 12.9. The smallest absolute Gasteiger partial charge is 0.249 e. The van der Waals surface area contributed by atoms with Gasteiger partial charge in [0.05, 0.1) is 0 Å². The Hall–Kier alpha value is -9.89. The van der Waals surface area contributed by atoms with Crippen molar-refractivity contribution >= 4 is 136 Å². The number of allylic oxidation sites excluding steroid dienone is 1. The topological polar surface area (TPSA) is 6.48 Å². The van der Waals surface area contributed by atoms with Crippen molar-refractivity contribution < 1.29 is 0 Å². The van der Waals surface area contributed by atoms with Gasteiger partial charge in [0.25, 0.3) is 0 Å². The Morgan fingerprint density at radius 3 is 1.31 bits per heavy atom. The molecule has 0 saturated carbocycles. The third kappa shape index (κ3) is 6.13. The maximum absolute atomic E-state index is 4.83. The summed E-state index contributed by atoms with van der Waals surface area (Å²) < 4.78 is 0. The molecule has 0 N–H and O–H groups in total. The SMILES string of the molecule is C=CC1=c2c3c(ccc2=C)N(c2ccc(-c4ccccc4)cc2)c2ccc4c5c(cc6cc7c8c9c(ccc8c64)N(c4ccc(-c6ccccc6)cc4)c4ccc6cccc8c6c4B9c4c-8cc(C(C)(C)C)cc4-7)-c4cc(C(C)(C)C)cc1c4B3c25. The predicted molar refractivity (Wildman–Crippen MR) is 371 cm³/mol. The molecule has 0 radical (unpaired) electrons. The standard InChI is InChI=1S/C82H58B2N2/c1-9-56-62-41-52(81(3,4)5)43-64-60-39-51-40-61-65-44-53(82(6,7)8)42-63-57-22-16-21-50-28-36-67-78(72(50)57)84(76(63)65)80-69(86(67)55-31-26-49(27-32-55)47-19-14-11-15-20-47)38-34-59(74(61)80)71(51)58-33-37-68-79(73(58)60)83(75(62)64)77-66(35-23-45(2)70(56)77)85(68)54-29-24-48(25-30-54)46-17-12-10-13-18-46/h9-44H,1-2H2,3-8H3. The second-order valence-corrected chi connectivity index (χ2v) is 27.2. The van der Waals surface area contributed by atoms with Gasteiger partial charge < -0.3 is 9.80 Å². The van der Waals surface area contributed by atoms with Crippen molar-refractivity contribution in [2.45, 2.75) is 52.4 Å². The summed E-state index contributed by atoms with van der Waals surface area (Å²) >= 11 is 0. The average molecular weight is 1090 g/mol. The Balaban J connectivity index is 0.956. The van der Waals surface area contributed by atoms with Crippen LogP contribution in [-0.2, 0) is 10.8 Å². The highest BCUT2D eigenvalue weighted by Crippen LogP contribution is 2.53. The first-order valence-electron chi connectivity index (χ1n) is 30.7. The van der Waals surface area contributed by atoms with Gasteiger partial charge in [-0.25, -0.2) is 0 Å². The molecule has 13 aromatic rings. The Labute approximate surface area is 502 Å². The van der Waals surface area contributed by atoms with Gasteiger partial charge in [0.15, 0.2) is 0 Å². The quantitative estimate of drug-likeness (QED) is 0.125. The van der Waals surface area contributed by atoms with Crippen LogP contribution in [0.3, 0.4) is 0 Å². The first-order valence-corrected chi connectivity index (χ1v) is 30.7. The van der Waals surface area contributed by atoms with Crippen molar-refractivity contribution in [2.75, 3.05) is 9.80 Å². The van der Waals surface area contributed by atoms with Crippen LogP contribution in [0, 0.1) is 0 Å². The molecule has 0 spiro atoms.